The van der Waals surface area contributed by atoms with Crippen molar-refractivity contribution in [3.05, 3.63) is 59.7 Å². The summed E-state index contributed by atoms with van der Waals surface area (Å²) in [6, 6.07) is 16.3. The molecule has 2 aromatic carbocycles. The van der Waals surface area contributed by atoms with Crippen LogP contribution in [0.4, 0.5) is 5.69 Å². The molecule has 0 aliphatic carbocycles. The first-order valence-corrected chi connectivity index (χ1v) is 11.5. The second-order valence-corrected chi connectivity index (χ2v) is 8.76. The number of nitrogens with one attached hydrogen (secondary N) is 1. The number of aliphatic hydroxyl groups excluding tert-OH is 1. The Labute approximate surface area is 190 Å². The van der Waals surface area contributed by atoms with E-state index in [2.05, 4.69) is 51.3 Å². The zero-order valence-corrected chi connectivity index (χ0v) is 18.9. The molecule has 2 heterocycles. The van der Waals surface area contributed by atoms with Crippen molar-refractivity contribution in [1.82, 2.24) is 15.1 Å². The fraction of sp³-hybridized carbons (Fsp3) is 0.480. The fourth-order valence-electron chi connectivity index (χ4n) is 4.39. The minimum Gasteiger partial charge on any atom is -0.482 e. The number of likely N-dealkylation sites (N-methyl/N-ethyl adjacent to an activating group) is 1. The quantitative estimate of drug-likeness (QED) is 0.649. The Balaban J connectivity index is 1.20. The third kappa shape index (κ3) is 6.00. The average Bonchev–Trinajstić information content (AvgIpc) is 2.82. The number of benzene rings is 2. The number of β-amino-alcohol motifs (C(OH)–C–C–N with tert-alkyl or cyclic N) is 1. The van der Waals surface area contributed by atoms with Crippen LogP contribution in [0.3, 0.4) is 0 Å². The van der Waals surface area contributed by atoms with Crippen LogP contribution in [-0.4, -0.2) is 86.4 Å². The highest BCUT2D eigenvalue weighted by Gasteiger charge is 2.20. The highest BCUT2D eigenvalue weighted by molar-refractivity contribution is 5.77. The van der Waals surface area contributed by atoms with Crippen LogP contribution in [0.15, 0.2) is 48.5 Å². The van der Waals surface area contributed by atoms with Crippen molar-refractivity contribution in [2.75, 3.05) is 64.4 Å². The van der Waals surface area contributed by atoms with Gasteiger partial charge in [-0.05, 0) is 36.7 Å². The van der Waals surface area contributed by atoms with Crippen LogP contribution in [0.2, 0.25) is 0 Å². The minimum absolute atomic E-state index is 0.0609. The van der Waals surface area contributed by atoms with Crippen LogP contribution in [-0.2, 0) is 17.8 Å². The molecule has 4 rings (SSSR count). The standard InChI is InChI=1S/C25H34N4O3/c1-27-12-14-29(15-13-27)23-8-4-5-9-24(23)32-19-25(31)26-16-22(30)18-28-11-10-20-6-2-3-7-21(20)17-28/h2-9,22,30H,10-19H2,1H3,(H,26,31)/t22-/m0/s1. The lowest BCUT2D eigenvalue weighted by Gasteiger charge is -2.34. The lowest BCUT2D eigenvalue weighted by atomic mass is 10.00. The number of rotatable bonds is 8. The zero-order valence-electron chi connectivity index (χ0n) is 18.9. The van der Waals surface area contributed by atoms with E-state index in [4.69, 9.17) is 4.74 Å². The van der Waals surface area contributed by atoms with Crippen LogP contribution >= 0.6 is 0 Å². The first-order valence-electron chi connectivity index (χ1n) is 11.5. The van der Waals surface area contributed by atoms with E-state index in [1.807, 2.05) is 24.3 Å². The van der Waals surface area contributed by atoms with E-state index in [-0.39, 0.29) is 19.1 Å². The molecule has 0 bridgehead atoms. The Morgan fingerprint density at radius 3 is 2.56 bits per heavy atom. The Morgan fingerprint density at radius 2 is 1.75 bits per heavy atom. The summed E-state index contributed by atoms with van der Waals surface area (Å²) >= 11 is 0. The third-order valence-electron chi connectivity index (χ3n) is 6.28. The highest BCUT2D eigenvalue weighted by Crippen LogP contribution is 2.28. The first-order chi connectivity index (χ1) is 15.6. The number of ether oxygens (including phenoxy) is 1. The molecule has 1 saturated heterocycles. The summed E-state index contributed by atoms with van der Waals surface area (Å²) in [5.74, 6) is 0.501. The predicted molar refractivity (Wildman–Crippen MR) is 126 cm³/mol. The van der Waals surface area contributed by atoms with Crippen LogP contribution < -0.4 is 15.0 Å². The van der Waals surface area contributed by atoms with Crippen LogP contribution in [0.5, 0.6) is 5.75 Å². The number of carbonyl (C=O) groups excluding carboxylic acids is 1. The van der Waals surface area contributed by atoms with Gasteiger partial charge in [0.15, 0.2) is 6.61 Å². The molecule has 0 spiro atoms. The number of hydrogen-bond acceptors (Lipinski definition) is 6. The van der Waals surface area contributed by atoms with Gasteiger partial charge in [0, 0.05) is 52.4 Å². The molecule has 32 heavy (non-hydrogen) atoms. The number of carbonyl (C=O) groups is 1. The summed E-state index contributed by atoms with van der Waals surface area (Å²) in [6.07, 6.45) is 0.386. The number of anilines is 1. The number of amides is 1. The predicted octanol–water partition coefficient (Wildman–Crippen LogP) is 1.35. The minimum atomic E-state index is -0.609. The van der Waals surface area contributed by atoms with Gasteiger partial charge in [0.1, 0.15) is 5.75 Å². The number of piperazine rings is 1. The van der Waals surface area contributed by atoms with E-state index >= 15 is 0 Å². The molecule has 0 radical (unpaired) electrons. The number of fused-ring (bicyclic) bond motifs is 1. The summed E-state index contributed by atoms with van der Waals surface area (Å²) in [7, 11) is 2.13. The molecule has 2 aliphatic rings. The molecule has 2 aromatic rings. The van der Waals surface area contributed by atoms with Crippen LogP contribution in [0, 0.1) is 0 Å². The van der Waals surface area contributed by atoms with Crippen molar-refractivity contribution >= 4 is 11.6 Å². The SMILES string of the molecule is CN1CCN(c2ccccc2OCC(=O)NC[C@H](O)CN2CCc3ccccc3C2)CC1. The third-order valence-corrected chi connectivity index (χ3v) is 6.28. The Kier molecular flexibility index (Phi) is 7.63. The average molecular weight is 439 g/mol. The van der Waals surface area contributed by atoms with E-state index in [1.165, 1.54) is 11.1 Å². The van der Waals surface area contributed by atoms with Crippen molar-refractivity contribution < 1.29 is 14.6 Å². The summed E-state index contributed by atoms with van der Waals surface area (Å²) < 4.78 is 5.84. The number of hydrogen-bond donors (Lipinski definition) is 2. The number of aliphatic hydroxyl groups is 1. The number of nitrogens with zero attached hydrogens (tertiary/aromatic N) is 3. The van der Waals surface area contributed by atoms with Gasteiger partial charge in [0.05, 0.1) is 11.8 Å². The van der Waals surface area contributed by atoms with Crippen LogP contribution in [0.25, 0.3) is 0 Å². The van der Waals surface area contributed by atoms with Crippen molar-refractivity contribution in [3.63, 3.8) is 0 Å². The van der Waals surface area contributed by atoms with Gasteiger partial charge in [-0.3, -0.25) is 9.69 Å². The molecule has 1 amide bonds. The maximum atomic E-state index is 12.3. The largest absolute Gasteiger partial charge is 0.482 e. The summed E-state index contributed by atoms with van der Waals surface area (Å²) in [5, 5.41) is 13.2. The molecule has 172 valence electrons. The Bertz CT molecular complexity index is 898. The molecular weight excluding hydrogens is 404 g/mol. The van der Waals surface area contributed by atoms with Gasteiger partial charge in [0.2, 0.25) is 0 Å². The molecule has 0 saturated carbocycles. The fourth-order valence-corrected chi connectivity index (χ4v) is 4.39. The lowest BCUT2D eigenvalue weighted by Crippen LogP contribution is -2.44. The van der Waals surface area contributed by atoms with E-state index in [9.17, 15) is 9.90 Å². The van der Waals surface area contributed by atoms with Gasteiger partial charge in [-0.25, -0.2) is 0 Å². The van der Waals surface area contributed by atoms with Crippen LogP contribution in [0.1, 0.15) is 11.1 Å². The molecule has 0 aromatic heterocycles. The summed E-state index contributed by atoms with van der Waals surface area (Å²) in [5.41, 5.74) is 3.74. The molecule has 0 unspecified atom stereocenters. The molecule has 2 N–H and O–H groups in total. The second kappa shape index (κ2) is 10.8. The zero-order chi connectivity index (χ0) is 22.3. The molecular formula is C25H34N4O3. The van der Waals surface area contributed by atoms with Gasteiger partial charge in [0.25, 0.3) is 5.91 Å². The molecule has 7 heteroatoms. The first kappa shape index (κ1) is 22.6. The molecule has 1 fully saturated rings. The summed E-state index contributed by atoms with van der Waals surface area (Å²) in [6.45, 7) is 6.37. The van der Waals surface area contributed by atoms with Crippen molar-refractivity contribution in [1.29, 1.82) is 0 Å². The van der Waals surface area contributed by atoms with Gasteiger partial charge in [-0.1, -0.05) is 36.4 Å². The Hall–Kier alpha value is -2.61. The van der Waals surface area contributed by atoms with Crippen molar-refractivity contribution in [2.45, 2.75) is 19.1 Å². The smallest absolute Gasteiger partial charge is 0.258 e. The van der Waals surface area contributed by atoms with Gasteiger partial charge >= 0.3 is 0 Å². The highest BCUT2D eigenvalue weighted by atomic mass is 16.5. The summed E-state index contributed by atoms with van der Waals surface area (Å²) in [4.78, 5) is 19.2. The van der Waals surface area contributed by atoms with Gasteiger partial charge < -0.3 is 25.0 Å². The van der Waals surface area contributed by atoms with Gasteiger partial charge in [-0.15, -0.1) is 0 Å². The van der Waals surface area contributed by atoms with E-state index < -0.39 is 6.10 Å². The molecule has 7 nitrogen and oxygen atoms in total. The second-order valence-electron chi connectivity index (χ2n) is 8.76. The van der Waals surface area contributed by atoms with E-state index in [0.717, 1.165) is 57.1 Å². The van der Waals surface area contributed by atoms with E-state index in [0.29, 0.717) is 6.54 Å². The monoisotopic (exact) mass is 438 g/mol. The molecule has 2 aliphatic heterocycles. The van der Waals surface area contributed by atoms with Crippen molar-refractivity contribution in [2.24, 2.45) is 0 Å². The molecule has 1 atom stereocenters. The number of para-hydroxylation sites is 2. The Morgan fingerprint density at radius 1 is 1.03 bits per heavy atom. The lowest BCUT2D eigenvalue weighted by molar-refractivity contribution is -0.123. The normalized spacial score (nSPS) is 18.1. The van der Waals surface area contributed by atoms with Gasteiger partial charge in [-0.2, -0.15) is 0 Å². The van der Waals surface area contributed by atoms with Crippen molar-refractivity contribution in [3.8, 4) is 5.75 Å². The maximum Gasteiger partial charge on any atom is 0.258 e. The maximum absolute atomic E-state index is 12.3. The topological polar surface area (TPSA) is 68.3 Å². The van der Waals surface area contributed by atoms with E-state index in [1.54, 1.807) is 0 Å².